The summed E-state index contributed by atoms with van der Waals surface area (Å²) in [4.78, 5) is 2.61. The fourth-order valence-electron chi connectivity index (χ4n) is 2.28. The lowest BCUT2D eigenvalue weighted by Gasteiger charge is -2.43. The number of nitrogens with zero attached hydrogens (tertiary/aromatic N) is 1. The van der Waals surface area contributed by atoms with Crippen LogP contribution < -0.4 is 5.32 Å². The molecular formula is C7H12N2. The van der Waals surface area contributed by atoms with E-state index in [1.807, 2.05) is 0 Å². The number of fused-ring (bicyclic) bond motifs is 3. The molecule has 0 bridgehead atoms. The van der Waals surface area contributed by atoms with Gasteiger partial charge in [0, 0.05) is 31.2 Å². The normalized spacial score (nSPS) is 55.3. The van der Waals surface area contributed by atoms with Crippen LogP contribution in [-0.4, -0.2) is 36.1 Å². The lowest BCUT2D eigenvalue weighted by Crippen LogP contribution is -2.54. The van der Waals surface area contributed by atoms with Crippen molar-refractivity contribution >= 4 is 0 Å². The summed E-state index contributed by atoms with van der Waals surface area (Å²) in [5, 5.41) is 3.52. The first kappa shape index (κ1) is 4.69. The van der Waals surface area contributed by atoms with E-state index in [9.17, 15) is 0 Å². The van der Waals surface area contributed by atoms with Gasteiger partial charge in [-0.3, -0.25) is 4.90 Å². The highest BCUT2D eigenvalue weighted by Crippen LogP contribution is 2.35. The molecule has 2 heteroatoms. The van der Waals surface area contributed by atoms with E-state index in [2.05, 4.69) is 10.2 Å². The molecule has 1 N–H and O–H groups in total. The molecule has 0 saturated carbocycles. The topological polar surface area (TPSA) is 25.2 Å². The van der Waals surface area contributed by atoms with Crippen molar-refractivity contribution in [1.29, 1.82) is 0 Å². The molecule has 3 atom stereocenters. The van der Waals surface area contributed by atoms with Gasteiger partial charge in [0.1, 0.15) is 0 Å². The van der Waals surface area contributed by atoms with E-state index in [1.165, 1.54) is 25.9 Å². The fourth-order valence-corrected chi connectivity index (χ4v) is 2.28. The number of rotatable bonds is 0. The molecule has 3 saturated heterocycles. The molecule has 0 unspecified atom stereocenters. The van der Waals surface area contributed by atoms with Gasteiger partial charge in [0.05, 0.1) is 0 Å². The highest BCUT2D eigenvalue weighted by atomic mass is 15.3. The van der Waals surface area contributed by atoms with Crippen LogP contribution in [0.2, 0.25) is 0 Å². The SMILES string of the molecule is C1CN2CC[C@H]2[C@H]2N[C@H]12. The second-order valence-corrected chi connectivity index (χ2v) is 3.48. The minimum absolute atomic E-state index is 0.910. The van der Waals surface area contributed by atoms with Crippen molar-refractivity contribution in [2.24, 2.45) is 0 Å². The predicted molar refractivity (Wildman–Crippen MR) is 35.3 cm³/mol. The van der Waals surface area contributed by atoms with E-state index in [1.54, 1.807) is 0 Å². The molecule has 0 radical (unpaired) electrons. The van der Waals surface area contributed by atoms with Gasteiger partial charge in [0.2, 0.25) is 0 Å². The van der Waals surface area contributed by atoms with Crippen molar-refractivity contribution in [3.05, 3.63) is 0 Å². The van der Waals surface area contributed by atoms with Crippen LogP contribution in [0.3, 0.4) is 0 Å². The van der Waals surface area contributed by atoms with Gasteiger partial charge >= 0.3 is 0 Å². The quantitative estimate of drug-likeness (QED) is 0.453. The zero-order chi connectivity index (χ0) is 5.84. The first-order valence-electron chi connectivity index (χ1n) is 3.95. The first-order chi connectivity index (χ1) is 4.45. The number of hydrogen-bond donors (Lipinski definition) is 1. The molecule has 3 aliphatic rings. The maximum atomic E-state index is 3.52. The number of hydrogen-bond acceptors (Lipinski definition) is 2. The van der Waals surface area contributed by atoms with E-state index in [0.717, 1.165) is 18.1 Å². The summed E-state index contributed by atoms with van der Waals surface area (Å²) in [6, 6.07) is 2.78. The van der Waals surface area contributed by atoms with E-state index in [-0.39, 0.29) is 0 Å². The van der Waals surface area contributed by atoms with Gasteiger partial charge in [0.25, 0.3) is 0 Å². The molecule has 3 heterocycles. The van der Waals surface area contributed by atoms with Crippen LogP contribution in [0.25, 0.3) is 0 Å². The summed E-state index contributed by atoms with van der Waals surface area (Å²) >= 11 is 0. The third-order valence-corrected chi connectivity index (χ3v) is 3.05. The second-order valence-electron chi connectivity index (χ2n) is 3.48. The largest absolute Gasteiger partial charge is 0.307 e. The smallest absolute Gasteiger partial charge is 0.0381 e. The Morgan fingerprint density at radius 2 is 2.11 bits per heavy atom. The Hall–Kier alpha value is -0.0800. The van der Waals surface area contributed by atoms with E-state index < -0.39 is 0 Å². The zero-order valence-electron chi connectivity index (χ0n) is 5.51. The molecule has 9 heavy (non-hydrogen) atoms. The molecule has 3 fully saturated rings. The summed E-state index contributed by atoms with van der Waals surface area (Å²) in [7, 11) is 0. The molecular weight excluding hydrogens is 112 g/mol. The third kappa shape index (κ3) is 0.485. The lowest BCUT2D eigenvalue weighted by atomic mass is 9.92. The van der Waals surface area contributed by atoms with Crippen LogP contribution >= 0.6 is 0 Å². The first-order valence-corrected chi connectivity index (χ1v) is 3.95. The van der Waals surface area contributed by atoms with Crippen LogP contribution in [0.4, 0.5) is 0 Å². The average Bonchev–Trinajstić information content (AvgIpc) is 2.43. The Morgan fingerprint density at radius 3 is 2.78 bits per heavy atom. The van der Waals surface area contributed by atoms with Crippen LogP contribution in [0.15, 0.2) is 0 Å². The van der Waals surface area contributed by atoms with Crippen molar-refractivity contribution in [1.82, 2.24) is 10.2 Å². The minimum atomic E-state index is 0.910. The highest BCUT2D eigenvalue weighted by molar-refractivity contribution is 5.12. The highest BCUT2D eigenvalue weighted by Gasteiger charge is 2.51. The Balaban J connectivity index is 1.82. The monoisotopic (exact) mass is 124 g/mol. The summed E-state index contributed by atoms with van der Waals surface area (Å²) in [6.45, 7) is 2.73. The fraction of sp³-hybridized carbons (Fsp3) is 1.00. The molecule has 0 aromatic rings. The number of piperidine rings is 1. The Labute approximate surface area is 55.2 Å². The maximum absolute atomic E-state index is 3.52. The molecule has 0 amide bonds. The maximum Gasteiger partial charge on any atom is 0.0381 e. The average molecular weight is 124 g/mol. The zero-order valence-corrected chi connectivity index (χ0v) is 5.51. The van der Waals surface area contributed by atoms with E-state index in [4.69, 9.17) is 0 Å². The van der Waals surface area contributed by atoms with Crippen molar-refractivity contribution in [2.45, 2.75) is 31.0 Å². The molecule has 0 aromatic carbocycles. The molecule has 0 spiro atoms. The van der Waals surface area contributed by atoms with Crippen molar-refractivity contribution in [2.75, 3.05) is 13.1 Å². The van der Waals surface area contributed by atoms with Crippen LogP contribution in [0.1, 0.15) is 12.8 Å². The minimum Gasteiger partial charge on any atom is -0.307 e. The van der Waals surface area contributed by atoms with Crippen LogP contribution in [0, 0.1) is 0 Å². The summed E-state index contributed by atoms with van der Waals surface area (Å²) in [5.74, 6) is 0. The van der Waals surface area contributed by atoms with Gasteiger partial charge in [-0.25, -0.2) is 0 Å². The molecule has 2 nitrogen and oxygen atoms in total. The number of nitrogens with one attached hydrogen (secondary N) is 1. The molecule has 3 aliphatic heterocycles. The Morgan fingerprint density at radius 1 is 1.22 bits per heavy atom. The molecule has 0 aliphatic carbocycles. The van der Waals surface area contributed by atoms with Crippen LogP contribution in [-0.2, 0) is 0 Å². The Bertz CT molecular complexity index is 144. The Kier molecular flexibility index (Phi) is 0.691. The van der Waals surface area contributed by atoms with Gasteiger partial charge in [-0.05, 0) is 12.8 Å². The molecule has 50 valence electrons. The second kappa shape index (κ2) is 1.32. The van der Waals surface area contributed by atoms with Crippen molar-refractivity contribution in [3.63, 3.8) is 0 Å². The van der Waals surface area contributed by atoms with E-state index in [0.29, 0.717) is 0 Å². The van der Waals surface area contributed by atoms with Gasteiger partial charge in [-0.15, -0.1) is 0 Å². The van der Waals surface area contributed by atoms with Gasteiger partial charge in [-0.2, -0.15) is 0 Å². The standard InChI is InChI=1S/C7H12N2/c1-3-9-4-2-6(9)7-5(1)8-7/h5-8H,1-4H2/t5-,6+,7+/m1/s1. The summed E-state index contributed by atoms with van der Waals surface area (Å²) in [6.07, 6.45) is 2.86. The van der Waals surface area contributed by atoms with Crippen molar-refractivity contribution < 1.29 is 0 Å². The molecule has 0 aromatic heterocycles. The van der Waals surface area contributed by atoms with Crippen LogP contribution in [0.5, 0.6) is 0 Å². The van der Waals surface area contributed by atoms with E-state index >= 15 is 0 Å². The van der Waals surface area contributed by atoms with Gasteiger partial charge in [-0.1, -0.05) is 0 Å². The van der Waals surface area contributed by atoms with Crippen molar-refractivity contribution in [3.8, 4) is 0 Å². The van der Waals surface area contributed by atoms with Gasteiger partial charge in [0.15, 0.2) is 0 Å². The summed E-state index contributed by atoms with van der Waals surface area (Å²) < 4.78 is 0. The predicted octanol–water partition coefficient (Wildman–Crippen LogP) is -0.195. The molecule has 3 rings (SSSR count). The summed E-state index contributed by atoms with van der Waals surface area (Å²) in [5.41, 5.74) is 0. The third-order valence-electron chi connectivity index (χ3n) is 3.05. The lowest BCUT2D eigenvalue weighted by molar-refractivity contribution is 0.0711. The van der Waals surface area contributed by atoms with Gasteiger partial charge < -0.3 is 5.32 Å².